The van der Waals surface area contributed by atoms with Gasteiger partial charge in [-0.05, 0) is 47.9 Å². The van der Waals surface area contributed by atoms with Crippen LogP contribution in [0.25, 0.3) is 11.1 Å². The molecular weight excluding hydrogens is 452 g/mol. The number of nitrogens with two attached hydrogens (primary N) is 2. The van der Waals surface area contributed by atoms with Gasteiger partial charge in [0.05, 0.1) is 17.6 Å². The molecule has 0 atom stereocenters. The highest BCUT2D eigenvalue weighted by atomic mass is 16.5. The van der Waals surface area contributed by atoms with Crippen LogP contribution in [0.4, 0.5) is 11.4 Å². The predicted octanol–water partition coefficient (Wildman–Crippen LogP) is 4.73. The summed E-state index contributed by atoms with van der Waals surface area (Å²) in [4.78, 5) is 18.9. The van der Waals surface area contributed by atoms with E-state index in [-0.39, 0.29) is 18.3 Å². The zero-order valence-corrected chi connectivity index (χ0v) is 21.7. The standard InChI is InChI=1S/C28H38N6O2/c1-7-22(15-31-6)36-18-27(35)32-25-14-21(23-10-8-9-11-24(23)28(29)33-30)12-13-26(25)34(16-19(2)3)17-20(4)5/h7-15,19-20H,1,6,16-18,30H2,2-5H3,(H2,29,33)(H,32,35)/b22-15+. The number of hydrogen-bond acceptors (Lipinski definition) is 6. The summed E-state index contributed by atoms with van der Waals surface area (Å²) in [6.07, 6.45) is 2.88. The van der Waals surface area contributed by atoms with Gasteiger partial charge >= 0.3 is 0 Å². The number of nitrogens with zero attached hydrogens (tertiary/aromatic N) is 3. The van der Waals surface area contributed by atoms with Gasteiger partial charge in [0, 0.05) is 18.7 Å². The Morgan fingerprint density at radius 3 is 2.39 bits per heavy atom. The Kier molecular flexibility index (Phi) is 10.7. The van der Waals surface area contributed by atoms with Crippen LogP contribution in [0.15, 0.2) is 77.2 Å². The fraction of sp³-hybridized carbons (Fsp3) is 0.321. The molecule has 0 unspecified atom stereocenters. The summed E-state index contributed by atoms with van der Waals surface area (Å²) in [6.45, 7) is 17.2. The first-order valence-electron chi connectivity index (χ1n) is 11.9. The molecule has 0 aliphatic rings. The van der Waals surface area contributed by atoms with Gasteiger partial charge in [-0.3, -0.25) is 9.79 Å². The Bertz CT molecular complexity index is 1110. The number of amidine groups is 1. The van der Waals surface area contributed by atoms with Gasteiger partial charge in [0.2, 0.25) is 0 Å². The van der Waals surface area contributed by atoms with Gasteiger partial charge < -0.3 is 26.5 Å². The number of anilines is 2. The smallest absolute Gasteiger partial charge is 0.262 e. The topological polar surface area (TPSA) is 118 Å². The maximum atomic E-state index is 12.9. The average Bonchev–Trinajstić information content (AvgIpc) is 2.85. The van der Waals surface area contributed by atoms with E-state index in [4.69, 9.17) is 16.3 Å². The molecule has 0 saturated carbocycles. The third-order valence-electron chi connectivity index (χ3n) is 5.23. The molecule has 0 bridgehead atoms. The van der Waals surface area contributed by atoms with Crippen LogP contribution in [0.2, 0.25) is 0 Å². The lowest BCUT2D eigenvalue weighted by atomic mass is 9.97. The fourth-order valence-electron chi connectivity index (χ4n) is 3.83. The largest absolute Gasteiger partial charge is 0.482 e. The van der Waals surface area contributed by atoms with Crippen molar-refractivity contribution in [2.75, 3.05) is 29.9 Å². The number of ether oxygens (including phenoxy) is 1. The van der Waals surface area contributed by atoms with E-state index in [0.29, 0.717) is 28.8 Å². The number of rotatable bonds is 13. The number of allylic oxidation sites excluding steroid dienone is 1. The molecule has 8 heteroatoms. The molecule has 2 aromatic carbocycles. The van der Waals surface area contributed by atoms with E-state index < -0.39 is 0 Å². The van der Waals surface area contributed by atoms with E-state index in [9.17, 15) is 4.79 Å². The number of benzene rings is 2. The Morgan fingerprint density at radius 1 is 1.14 bits per heavy atom. The molecule has 0 heterocycles. The second-order valence-electron chi connectivity index (χ2n) is 9.24. The van der Waals surface area contributed by atoms with E-state index in [1.165, 1.54) is 12.3 Å². The highest BCUT2D eigenvalue weighted by molar-refractivity contribution is 6.04. The molecule has 5 N–H and O–H groups in total. The van der Waals surface area contributed by atoms with Crippen LogP contribution in [0, 0.1) is 11.8 Å². The van der Waals surface area contributed by atoms with Gasteiger partial charge in [0.1, 0.15) is 5.76 Å². The summed E-state index contributed by atoms with van der Waals surface area (Å²) < 4.78 is 5.51. The molecule has 0 aliphatic carbocycles. The van der Waals surface area contributed by atoms with Crippen LogP contribution < -0.4 is 21.8 Å². The third-order valence-corrected chi connectivity index (χ3v) is 5.23. The Morgan fingerprint density at radius 2 is 1.81 bits per heavy atom. The zero-order valence-electron chi connectivity index (χ0n) is 21.7. The van der Waals surface area contributed by atoms with E-state index in [2.05, 4.69) is 61.3 Å². The van der Waals surface area contributed by atoms with Crippen molar-refractivity contribution in [1.29, 1.82) is 0 Å². The summed E-state index contributed by atoms with van der Waals surface area (Å²) in [5.74, 6) is 6.61. The highest BCUT2D eigenvalue weighted by Gasteiger charge is 2.18. The number of carbonyl (C=O) groups is 1. The van der Waals surface area contributed by atoms with E-state index >= 15 is 0 Å². The minimum atomic E-state index is -0.310. The Labute approximate surface area is 214 Å². The van der Waals surface area contributed by atoms with Gasteiger partial charge in [-0.1, -0.05) is 64.6 Å². The second-order valence-corrected chi connectivity index (χ2v) is 9.24. The first-order valence-corrected chi connectivity index (χ1v) is 11.9. The van der Waals surface area contributed by atoms with Crippen molar-refractivity contribution in [2.45, 2.75) is 27.7 Å². The van der Waals surface area contributed by atoms with Crippen molar-refractivity contribution in [1.82, 2.24) is 0 Å². The van der Waals surface area contributed by atoms with Crippen LogP contribution in [0.1, 0.15) is 33.3 Å². The molecule has 0 aromatic heterocycles. The number of nitrogens with one attached hydrogen (secondary N) is 1. The van der Waals surface area contributed by atoms with E-state index in [0.717, 1.165) is 29.9 Å². The van der Waals surface area contributed by atoms with E-state index in [1.807, 2.05) is 42.5 Å². The third kappa shape index (κ3) is 8.01. The quantitative estimate of drug-likeness (QED) is 0.0936. The predicted molar refractivity (Wildman–Crippen MR) is 151 cm³/mol. The van der Waals surface area contributed by atoms with Crippen LogP contribution in [0.3, 0.4) is 0 Å². The SMILES string of the molecule is C=C/C(=C\N=C)OCC(=O)Nc1cc(-c2ccccc2/C(N)=N/N)ccc1N(CC(C)C)CC(C)C. The summed E-state index contributed by atoms with van der Waals surface area (Å²) in [7, 11) is 0. The molecule has 8 nitrogen and oxygen atoms in total. The minimum Gasteiger partial charge on any atom is -0.482 e. The minimum absolute atomic E-state index is 0.200. The first-order chi connectivity index (χ1) is 17.2. The maximum Gasteiger partial charge on any atom is 0.262 e. The summed E-state index contributed by atoms with van der Waals surface area (Å²) in [5, 5.41) is 6.70. The molecule has 0 aliphatic heterocycles. The molecule has 0 radical (unpaired) electrons. The van der Waals surface area contributed by atoms with Crippen molar-refractivity contribution in [3.05, 3.63) is 72.6 Å². The fourth-order valence-corrected chi connectivity index (χ4v) is 3.83. The molecule has 192 valence electrons. The van der Waals surface area contributed by atoms with Gasteiger partial charge in [-0.2, -0.15) is 5.10 Å². The maximum absolute atomic E-state index is 12.9. The van der Waals surface area contributed by atoms with Crippen LogP contribution in [-0.2, 0) is 9.53 Å². The number of aliphatic imine (C=N–C) groups is 1. The molecule has 0 saturated heterocycles. The van der Waals surface area contributed by atoms with Gasteiger partial charge in [-0.25, -0.2) is 0 Å². The molecule has 2 aromatic rings. The first kappa shape index (κ1) is 28.2. The molecule has 0 spiro atoms. The lowest BCUT2D eigenvalue weighted by molar-refractivity contribution is -0.119. The van der Waals surface area contributed by atoms with Crippen molar-refractivity contribution < 1.29 is 9.53 Å². The normalized spacial score (nSPS) is 11.9. The van der Waals surface area contributed by atoms with Gasteiger partial charge in [0.15, 0.2) is 12.4 Å². The van der Waals surface area contributed by atoms with Gasteiger partial charge in [0.25, 0.3) is 5.91 Å². The van der Waals surface area contributed by atoms with Crippen LogP contribution in [0.5, 0.6) is 0 Å². The number of carbonyl (C=O) groups excluding carboxylic acids is 1. The molecule has 36 heavy (non-hydrogen) atoms. The summed E-state index contributed by atoms with van der Waals surface area (Å²) in [5.41, 5.74) is 10.1. The van der Waals surface area contributed by atoms with Gasteiger partial charge in [-0.15, -0.1) is 0 Å². The Hall–Kier alpha value is -4.07. The van der Waals surface area contributed by atoms with Crippen molar-refractivity contribution in [3.8, 4) is 11.1 Å². The van der Waals surface area contributed by atoms with E-state index in [1.54, 1.807) is 0 Å². The summed E-state index contributed by atoms with van der Waals surface area (Å²) >= 11 is 0. The number of hydrazone groups is 1. The van der Waals surface area contributed by atoms with Crippen molar-refractivity contribution in [3.63, 3.8) is 0 Å². The molecule has 0 fully saturated rings. The second kappa shape index (κ2) is 13.7. The number of hydrogen-bond donors (Lipinski definition) is 3. The molecular formula is C28H38N6O2. The molecule has 1 amide bonds. The Balaban J connectivity index is 2.54. The average molecular weight is 491 g/mol. The molecule has 2 rings (SSSR count). The van der Waals surface area contributed by atoms with Crippen molar-refractivity contribution >= 4 is 29.8 Å². The van der Waals surface area contributed by atoms with Crippen molar-refractivity contribution in [2.24, 2.45) is 33.5 Å². The highest BCUT2D eigenvalue weighted by Crippen LogP contribution is 2.34. The monoisotopic (exact) mass is 490 g/mol. The zero-order chi connectivity index (χ0) is 26.7. The summed E-state index contributed by atoms with van der Waals surface area (Å²) in [6, 6.07) is 13.6. The lowest BCUT2D eigenvalue weighted by Crippen LogP contribution is -2.32. The van der Waals surface area contributed by atoms with Crippen LogP contribution in [-0.4, -0.2) is 38.2 Å². The van der Waals surface area contributed by atoms with Crippen LogP contribution >= 0.6 is 0 Å². The number of amides is 1. The lowest BCUT2D eigenvalue weighted by Gasteiger charge is -2.31.